The van der Waals surface area contributed by atoms with Crippen molar-refractivity contribution in [3.8, 4) is 0 Å². The van der Waals surface area contributed by atoms with Gasteiger partial charge in [0.1, 0.15) is 5.78 Å². The quantitative estimate of drug-likeness (QED) is 0.892. The Morgan fingerprint density at radius 1 is 1.29 bits per heavy atom. The first-order valence-electron chi connectivity index (χ1n) is 5.11. The minimum absolute atomic E-state index is 0.0958. The lowest BCUT2D eigenvalue weighted by molar-refractivity contribution is -0.120. The van der Waals surface area contributed by atoms with E-state index in [1.807, 2.05) is 0 Å². The number of hydrogen-bond acceptors (Lipinski definition) is 3. The average molecular weight is 276 g/mol. The Kier molecular flexibility index (Phi) is 4.68. The van der Waals surface area contributed by atoms with E-state index in [2.05, 4.69) is 4.72 Å². The molecule has 0 bridgehead atoms. The molecular weight excluding hydrogens is 262 g/mol. The van der Waals surface area contributed by atoms with Crippen molar-refractivity contribution in [3.05, 3.63) is 29.3 Å². The van der Waals surface area contributed by atoms with Crippen LogP contribution in [0.2, 0.25) is 5.02 Å². The normalized spacial score (nSPS) is 11.8. The van der Waals surface area contributed by atoms with E-state index in [1.54, 1.807) is 13.8 Å². The van der Waals surface area contributed by atoms with Crippen molar-refractivity contribution in [2.75, 3.05) is 6.54 Å². The molecule has 0 aliphatic heterocycles. The Bertz CT molecular complexity index is 494. The lowest BCUT2D eigenvalue weighted by Gasteiger charge is -2.07. The van der Waals surface area contributed by atoms with E-state index in [9.17, 15) is 13.2 Å². The van der Waals surface area contributed by atoms with Gasteiger partial charge in [-0.3, -0.25) is 4.79 Å². The third-order valence-corrected chi connectivity index (χ3v) is 3.87. The summed E-state index contributed by atoms with van der Waals surface area (Å²) in [6, 6.07) is 5.76. The number of ketones is 1. The van der Waals surface area contributed by atoms with Gasteiger partial charge in [0.2, 0.25) is 10.0 Å². The van der Waals surface area contributed by atoms with Gasteiger partial charge in [-0.2, -0.15) is 0 Å². The van der Waals surface area contributed by atoms with Crippen LogP contribution in [0.5, 0.6) is 0 Å². The molecule has 0 fully saturated rings. The van der Waals surface area contributed by atoms with Crippen LogP contribution in [-0.2, 0) is 14.8 Å². The minimum Gasteiger partial charge on any atom is -0.298 e. The standard InChI is InChI=1S/C11H14ClNO3S/c1-8(2)11(14)7-13-17(15,16)10-5-3-9(12)4-6-10/h3-6,8,13H,7H2,1-2H3. The number of halogens is 1. The summed E-state index contributed by atoms with van der Waals surface area (Å²) in [6.07, 6.45) is 0. The largest absolute Gasteiger partial charge is 0.298 e. The molecule has 1 aromatic carbocycles. The van der Waals surface area contributed by atoms with Crippen molar-refractivity contribution in [1.29, 1.82) is 0 Å². The van der Waals surface area contributed by atoms with E-state index in [1.165, 1.54) is 24.3 Å². The van der Waals surface area contributed by atoms with Crippen LogP contribution in [0.15, 0.2) is 29.2 Å². The second-order valence-corrected chi connectivity index (χ2v) is 6.10. The molecule has 1 rings (SSSR count). The van der Waals surface area contributed by atoms with Crippen LogP contribution in [0.25, 0.3) is 0 Å². The summed E-state index contributed by atoms with van der Waals surface area (Å²) in [4.78, 5) is 11.4. The van der Waals surface area contributed by atoms with E-state index in [0.717, 1.165) is 0 Å². The predicted molar refractivity (Wildman–Crippen MR) is 66.5 cm³/mol. The van der Waals surface area contributed by atoms with Crippen LogP contribution in [0, 0.1) is 5.92 Å². The minimum atomic E-state index is -3.64. The topological polar surface area (TPSA) is 63.2 Å². The molecule has 17 heavy (non-hydrogen) atoms. The molecule has 0 saturated carbocycles. The molecule has 1 aromatic rings. The highest BCUT2D eigenvalue weighted by Crippen LogP contribution is 2.13. The van der Waals surface area contributed by atoms with Gasteiger partial charge in [0.25, 0.3) is 0 Å². The highest BCUT2D eigenvalue weighted by Gasteiger charge is 2.16. The van der Waals surface area contributed by atoms with Crippen LogP contribution < -0.4 is 4.72 Å². The van der Waals surface area contributed by atoms with E-state index in [-0.39, 0.29) is 23.1 Å². The summed E-state index contributed by atoms with van der Waals surface area (Å²) in [7, 11) is -3.64. The monoisotopic (exact) mass is 275 g/mol. The van der Waals surface area contributed by atoms with Crippen LogP contribution in [0.3, 0.4) is 0 Å². The summed E-state index contributed by atoms with van der Waals surface area (Å²) in [5.74, 6) is -0.342. The Morgan fingerprint density at radius 2 is 1.82 bits per heavy atom. The van der Waals surface area contributed by atoms with Crippen LogP contribution in [0.4, 0.5) is 0 Å². The Hall–Kier alpha value is -0.910. The fraction of sp³-hybridized carbons (Fsp3) is 0.364. The van der Waals surface area contributed by atoms with Crippen molar-refractivity contribution >= 4 is 27.4 Å². The fourth-order valence-electron chi connectivity index (χ4n) is 1.07. The fourth-order valence-corrected chi connectivity index (χ4v) is 2.19. The first kappa shape index (κ1) is 14.2. The number of rotatable bonds is 5. The lowest BCUT2D eigenvalue weighted by Crippen LogP contribution is -2.31. The molecule has 1 N–H and O–H groups in total. The van der Waals surface area contributed by atoms with Gasteiger partial charge in [0, 0.05) is 10.9 Å². The molecular formula is C11H14ClNO3S. The summed E-state index contributed by atoms with van der Waals surface area (Å²) in [6.45, 7) is 3.25. The molecule has 0 aliphatic rings. The van der Waals surface area contributed by atoms with Gasteiger partial charge >= 0.3 is 0 Å². The zero-order valence-electron chi connectivity index (χ0n) is 9.60. The molecule has 0 unspecified atom stereocenters. The van der Waals surface area contributed by atoms with Gasteiger partial charge in [-0.1, -0.05) is 25.4 Å². The molecule has 94 valence electrons. The first-order valence-corrected chi connectivity index (χ1v) is 6.97. The summed E-state index contributed by atoms with van der Waals surface area (Å²) < 4.78 is 25.8. The van der Waals surface area contributed by atoms with E-state index in [0.29, 0.717) is 5.02 Å². The van der Waals surface area contributed by atoms with Crippen LogP contribution in [-0.4, -0.2) is 20.7 Å². The predicted octanol–water partition coefficient (Wildman–Crippen LogP) is 1.84. The first-order chi connectivity index (χ1) is 7.83. The van der Waals surface area contributed by atoms with Gasteiger partial charge in [-0.05, 0) is 24.3 Å². The molecule has 0 aliphatic carbocycles. The number of benzene rings is 1. The lowest BCUT2D eigenvalue weighted by atomic mass is 10.1. The molecule has 6 heteroatoms. The summed E-state index contributed by atoms with van der Waals surface area (Å²) in [5, 5.41) is 0.460. The van der Waals surface area contributed by atoms with Gasteiger partial charge in [-0.25, -0.2) is 13.1 Å². The molecule has 0 spiro atoms. The van der Waals surface area contributed by atoms with Crippen molar-refractivity contribution in [1.82, 2.24) is 4.72 Å². The number of nitrogens with one attached hydrogen (secondary N) is 1. The number of carbonyl (C=O) groups excluding carboxylic acids is 1. The maximum Gasteiger partial charge on any atom is 0.240 e. The average Bonchev–Trinajstić information content (AvgIpc) is 2.26. The molecule has 0 heterocycles. The Labute approximate surface area is 106 Å². The molecule has 0 saturated heterocycles. The second kappa shape index (κ2) is 5.62. The van der Waals surface area contributed by atoms with E-state index >= 15 is 0 Å². The molecule has 0 radical (unpaired) electrons. The smallest absolute Gasteiger partial charge is 0.240 e. The Balaban J connectivity index is 2.76. The van der Waals surface area contributed by atoms with Gasteiger partial charge in [0.05, 0.1) is 11.4 Å². The number of Topliss-reactive ketones (excluding diaryl/α,β-unsaturated/α-hetero) is 1. The summed E-state index contributed by atoms with van der Waals surface area (Å²) in [5.41, 5.74) is 0. The maximum absolute atomic E-state index is 11.8. The van der Waals surface area contributed by atoms with Crippen molar-refractivity contribution in [2.24, 2.45) is 5.92 Å². The van der Waals surface area contributed by atoms with E-state index < -0.39 is 10.0 Å². The summed E-state index contributed by atoms with van der Waals surface area (Å²) >= 11 is 5.66. The molecule has 4 nitrogen and oxygen atoms in total. The van der Waals surface area contributed by atoms with Gasteiger partial charge < -0.3 is 0 Å². The van der Waals surface area contributed by atoms with E-state index in [4.69, 9.17) is 11.6 Å². The molecule has 0 atom stereocenters. The van der Waals surface area contributed by atoms with Gasteiger partial charge in [-0.15, -0.1) is 0 Å². The second-order valence-electron chi connectivity index (χ2n) is 3.90. The van der Waals surface area contributed by atoms with Gasteiger partial charge in [0.15, 0.2) is 0 Å². The Morgan fingerprint density at radius 3 is 2.29 bits per heavy atom. The third kappa shape index (κ3) is 4.11. The highest BCUT2D eigenvalue weighted by molar-refractivity contribution is 7.89. The zero-order valence-corrected chi connectivity index (χ0v) is 11.2. The maximum atomic E-state index is 11.8. The molecule has 0 amide bonds. The highest BCUT2D eigenvalue weighted by atomic mass is 35.5. The van der Waals surface area contributed by atoms with Crippen LogP contribution in [0.1, 0.15) is 13.8 Å². The van der Waals surface area contributed by atoms with Crippen LogP contribution >= 0.6 is 11.6 Å². The number of sulfonamides is 1. The molecule has 0 aromatic heterocycles. The third-order valence-electron chi connectivity index (χ3n) is 2.20. The van der Waals surface area contributed by atoms with Crippen molar-refractivity contribution < 1.29 is 13.2 Å². The van der Waals surface area contributed by atoms with Crippen molar-refractivity contribution in [3.63, 3.8) is 0 Å². The zero-order chi connectivity index (χ0) is 13.1. The SMILES string of the molecule is CC(C)C(=O)CNS(=O)(=O)c1ccc(Cl)cc1. The van der Waals surface area contributed by atoms with Crippen molar-refractivity contribution in [2.45, 2.75) is 18.7 Å². The number of carbonyl (C=O) groups is 1. The number of hydrogen-bond donors (Lipinski definition) is 1.